The van der Waals surface area contributed by atoms with Crippen molar-refractivity contribution in [1.29, 1.82) is 0 Å². The van der Waals surface area contributed by atoms with Gasteiger partial charge in [-0.3, -0.25) is 4.79 Å². The van der Waals surface area contributed by atoms with Crippen LogP contribution in [-0.4, -0.2) is 24.8 Å². The number of ketones is 1. The van der Waals surface area contributed by atoms with Crippen LogP contribution in [0.25, 0.3) is 0 Å². The zero-order valence-corrected chi connectivity index (χ0v) is 13.7. The summed E-state index contributed by atoms with van der Waals surface area (Å²) >= 11 is 0. The lowest BCUT2D eigenvalue weighted by Gasteiger charge is -2.37. The molecule has 1 fully saturated rings. The smallest absolute Gasteiger partial charge is 0.339 e. The lowest BCUT2D eigenvalue weighted by molar-refractivity contribution is -0.0379. The summed E-state index contributed by atoms with van der Waals surface area (Å²) in [5, 5.41) is 3.31. The zero-order valence-electron chi connectivity index (χ0n) is 13.7. The third kappa shape index (κ3) is 3.24. The average molecular weight is 323 g/mol. The summed E-state index contributed by atoms with van der Waals surface area (Å²) in [6.07, 6.45) is 1.43. The molecule has 4 nitrogen and oxygen atoms in total. The fourth-order valence-corrected chi connectivity index (χ4v) is 3.22. The molecule has 24 heavy (non-hydrogen) atoms. The van der Waals surface area contributed by atoms with E-state index in [0.29, 0.717) is 24.0 Å². The van der Waals surface area contributed by atoms with Crippen molar-refractivity contribution in [2.45, 2.75) is 25.4 Å². The SMILES string of the molecule is CC(=O)c1ccccc1C(=O)OC1(c2ccccc2)CCNCC1. The van der Waals surface area contributed by atoms with Crippen LogP contribution in [0.5, 0.6) is 0 Å². The highest BCUT2D eigenvalue weighted by Gasteiger charge is 2.38. The molecule has 1 saturated heterocycles. The molecular weight excluding hydrogens is 302 g/mol. The summed E-state index contributed by atoms with van der Waals surface area (Å²) in [4.78, 5) is 24.6. The molecule has 3 rings (SSSR count). The van der Waals surface area contributed by atoms with Crippen LogP contribution in [0.1, 0.15) is 46.0 Å². The Hall–Kier alpha value is -2.46. The maximum absolute atomic E-state index is 12.8. The van der Waals surface area contributed by atoms with Gasteiger partial charge in [-0.2, -0.15) is 0 Å². The van der Waals surface area contributed by atoms with Gasteiger partial charge in [0.1, 0.15) is 5.60 Å². The molecule has 0 bridgehead atoms. The summed E-state index contributed by atoms with van der Waals surface area (Å²) in [7, 11) is 0. The molecule has 0 aromatic heterocycles. The Kier molecular flexibility index (Phi) is 4.76. The summed E-state index contributed by atoms with van der Waals surface area (Å²) in [6.45, 7) is 3.04. The molecule has 4 heteroatoms. The molecule has 2 aromatic carbocycles. The summed E-state index contributed by atoms with van der Waals surface area (Å²) in [5.41, 5.74) is 1.09. The lowest BCUT2D eigenvalue weighted by atomic mass is 9.84. The number of Topliss-reactive ketones (excluding diaryl/α,β-unsaturated/α-hetero) is 1. The van der Waals surface area contributed by atoms with Crippen LogP contribution in [0.3, 0.4) is 0 Å². The van der Waals surface area contributed by atoms with Gasteiger partial charge in [0.2, 0.25) is 0 Å². The Morgan fingerprint density at radius 3 is 2.12 bits per heavy atom. The summed E-state index contributed by atoms with van der Waals surface area (Å²) in [6, 6.07) is 16.7. The van der Waals surface area contributed by atoms with Crippen LogP contribution in [0.4, 0.5) is 0 Å². The molecule has 1 aliphatic rings. The normalized spacial score (nSPS) is 16.4. The van der Waals surface area contributed by atoms with Gasteiger partial charge in [-0.05, 0) is 31.6 Å². The van der Waals surface area contributed by atoms with Crippen molar-refractivity contribution in [3.8, 4) is 0 Å². The molecule has 1 heterocycles. The summed E-state index contributed by atoms with van der Waals surface area (Å²) < 4.78 is 6.01. The highest BCUT2D eigenvalue weighted by molar-refractivity contribution is 6.05. The van der Waals surface area contributed by atoms with Crippen LogP contribution < -0.4 is 5.32 Å². The quantitative estimate of drug-likeness (QED) is 0.693. The van der Waals surface area contributed by atoms with Gasteiger partial charge in [-0.1, -0.05) is 48.5 Å². The topological polar surface area (TPSA) is 55.4 Å². The summed E-state index contributed by atoms with van der Waals surface area (Å²) in [5.74, 6) is -0.576. The molecular formula is C20H21NO3. The Bertz CT molecular complexity index is 734. The number of rotatable bonds is 4. The average Bonchev–Trinajstić information content (AvgIpc) is 2.63. The third-order valence-corrected chi connectivity index (χ3v) is 4.53. The van der Waals surface area contributed by atoms with Gasteiger partial charge in [0, 0.05) is 18.4 Å². The molecule has 0 aliphatic carbocycles. The number of benzene rings is 2. The molecule has 0 unspecified atom stereocenters. The molecule has 0 amide bonds. The van der Waals surface area contributed by atoms with Crippen LogP contribution >= 0.6 is 0 Å². The lowest BCUT2D eigenvalue weighted by Crippen LogP contribution is -2.43. The molecule has 1 aliphatic heterocycles. The first-order valence-corrected chi connectivity index (χ1v) is 8.22. The number of hydrogen-bond donors (Lipinski definition) is 1. The number of piperidine rings is 1. The van der Waals surface area contributed by atoms with Crippen molar-refractivity contribution in [2.24, 2.45) is 0 Å². The number of nitrogens with one attached hydrogen (secondary N) is 1. The number of esters is 1. The van der Waals surface area contributed by atoms with Gasteiger partial charge < -0.3 is 10.1 Å². The third-order valence-electron chi connectivity index (χ3n) is 4.53. The van der Waals surface area contributed by atoms with Crippen molar-refractivity contribution in [2.75, 3.05) is 13.1 Å². The highest BCUT2D eigenvalue weighted by Crippen LogP contribution is 2.35. The van der Waals surface area contributed by atoms with Crippen LogP contribution in [-0.2, 0) is 10.3 Å². The first kappa shape index (κ1) is 16.4. The Balaban J connectivity index is 1.94. The molecule has 0 atom stereocenters. The van der Waals surface area contributed by atoms with Crippen molar-refractivity contribution in [3.05, 3.63) is 71.3 Å². The van der Waals surface area contributed by atoms with E-state index in [1.807, 2.05) is 30.3 Å². The van der Waals surface area contributed by atoms with Crippen molar-refractivity contribution in [1.82, 2.24) is 5.32 Å². The first-order chi connectivity index (χ1) is 11.6. The second kappa shape index (κ2) is 6.97. The van der Waals surface area contributed by atoms with Crippen molar-refractivity contribution in [3.63, 3.8) is 0 Å². The number of carbonyl (C=O) groups excluding carboxylic acids is 2. The standard InChI is InChI=1S/C20H21NO3/c1-15(22)17-9-5-6-10-18(17)19(23)24-20(11-13-21-14-12-20)16-7-3-2-4-8-16/h2-10,21H,11-14H2,1H3. The van der Waals surface area contributed by atoms with E-state index in [9.17, 15) is 9.59 Å². The van der Waals surface area contributed by atoms with Gasteiger partial charge in [0.25, 0.3) is 0 Å². The minimum Gasteiger partial charge on any atom is -0.450 e. The monoisotopic (exact) mass is 323 g/mol. The predicted octanol–water partition coefficient (Wildman–Crippen LogP) is 3.32. The molecule has 0 radical (unpaired) electrons. The maximum Gasteiger partial charge on any atom is 0.339 e. The number of ether oxygens (including phenoxy) is 1. The largest absolute Gasteiger partial charge is 0.450 e. The molecule has 0 saturated carbocycles. The number of hydrogen-bond acceptors (Lipinski definition) is 4. The van der Waals surface area contributed by atoms with Gasteiger partial charge >= 0.3 is 5.97 Å². The Morgan fingerprint density at radius 2 is 1.50 bits per heavy atom. The van der Waals surface area contributed by atoms with Gasteiger partial charge in [0.05, 0.1) is 5.56 Å². The zero-order chi connectivity index (χ0) is 17.0. The molecule has 2 aromatic rings. The van der Waals surface area contributed by atoms with Crippen LogP contribution in [0, 0.1) is 0 Å². The van der Waals surface area contributed by atoms with E-state index in [4.69, 9.17) is 4.74 Å². The van der Waals surface area contributed by atoms with E-state index >= 15 is 0 Å². The predicted molar refractivity (Wildman–Crippen MR) is 92.1 cm³/mol. The number of carbonyl (C=O) groups is 2. The fraction of sp³-hybridized carbons (Fsp3) is 0.300. The minimum atomic E-state index is -0.645. The molecule has 124 valence electrons. The van der Waals surface area contributed by atoms with E-state index < -0.39 is 11.6 Å². The fourth-order valence-electron chi connectivity index (χ4n) is 3.22. The Labute approximate surface area is 141 Å². The Morgan fingerprint density at radius 1 is 0.917 bits per heavy atom. The second-order valence-electron chi connectivity index (χ2n) is 6.10. The second-order valence-corrected chi connectivity index (χ2v) is 6.10. The molecule has 1 N–H and O–H groups in total. The highest BCUT2D eigenvalue weighted by atomic mass is 16.6. The van der Waals surface area contributed by atoms with E-state index in [-0.39, 0.29) is 5.78 Å². The maximum atomic E-state index is 12.8. The first-order valence-electron chi connectivity index (χ1n) is 8.22. The van der Waals surface area contributed by atoms with Gasteiger partial charge in [-0.15, -0.1) is 0 Å². The van der Waals surface area contributed by atoms with Crippen LogP contribution in [0.15, 0.2) is 54.6 Å². The van der Waals surface area contributed by atoms with E-state index in [0.717, 1.165) is 18.7 Å². The van der Waals surface area contributed by atoms with Gasteiger partial charge in [0.15, 0.2) is 5.78 Å². The van der Waals surface area contributed by atoms with Gasteiger partial charge in [-0.25, -0.2) is 4.79 Å². The van der Waals surface area contributed by atoms with Crippen molar-refractivity contribution >= 4 is 11.8 Å². The van der Waals surface area contributed by atoms with E-state index in [1.165, 1.54) is 6.92 Å². The minimum absolute atomic E-state index is 0.137. The van der Waals surface area contributed by atoms with Crippen LogP contribution in [0.2, 0.25) is 0 Å². The molecule has 0 spiro atoms. The van der Waals surface area contributed by atoms with E-state index in [2.05, 4.69) is 5.32 Å². The van der Waals surface area contributed by atoms with E-state index in [1.54, 1.807) is 24.3 Å². The van der Waals surface area contributed by atoms with Crippen molar-refractivity contribution < 1.29 is 14.3 Å².